The molecule has 0 aliphatic carbocycles. The molecule has 2 N–H and O–H groups in total. The number of rotatable bonds is 10. The summed E-state index contributed by atoms with van der Waals surface area (Å²) in [7, 11) is 1.59. The first-order valence-electron chi connectivity index (χ1n) is 8.96. The number of nitrogens with one attached hydrogen (secondary N) is 2. The molecule has 0 bridgehead atoms. The zero-order valence-electron chi connectivity index (χ0n) is 15.7. The minimum Gasteiger partial charge on any atom is -0.383 e. The lowest BCUT2D eigenvalue weighted by atomic mass is 10.3. The third-order valence-corrected chi connectivity index (χ3v) is 4.64. The topological polar surface area (TPSA) is 83.6 Å². The molecule has 0 atom stereocenters. The van der Waals surface area contributed by atoms with Crippen LogP contribution in [0.5, 0.6) is 0 Å². The maximum Gasteiger partial charge on any atom is 0.322 e. The van der Waals surface area contributed by atoms with E-state index in [1.54, 1.807) is 17.4 Å². The lowest BCUT2D eigenvalue weighted by Crippen LogP contribution is -2.36. The number of para-hydroxylation sites is 1. The molecule has 0 aliphatic heterocycles. The number of ether oxygens (including phenoxy) is 1. The summed E-state index contributed by atoms with van der Waals surface area (Å²) in [4.78, 5) is 30.7. The number of methoxy groups -OCH3 is 1. The van der Waals surface area contributed by atoms with Gasteiger partial charge in [-0.05, 0) is 18.6 Å². The Bertz CT molecular complexity index is 721. The highest BCUT2D eigenvalue weighted by atomic mass is 32.1. The number of hydrogen-bond acceptors (Lipinski definition) is 5. The van der Waals surface area contributed by atoms with E-state index in [4.69, 9.17) is 4.74 Å². The lowest BCUT2D eigenvalue weighted by molar-refractivity contribution is 0.0948. The van der Waals surface area contributed by atoms with Crippen molar-refractivity contribution in [2.75, 3.05) is 32.1 Å². The minimum atomic E-state index is -0.234. The Morgan fingerprint density at radius 3 is 2.74 bits per heavy atom. The fourth-order valence-corrected chi connectivity index (χ4v) is 3.09. The van der Waals surface area contributed by atoms with Crippen molar-refractivity contribution in [1.29, 1.82) is 0 Å². The highest BCUT2D eigenvalue weighted by Crippen LogP contribution is 2.14. The van der Waals surface area contributed by atoms with Gasteiger partial charge in [0.05, 0.1) is 13.2 Å². The molecule has 1 aromatic carbocycles. The van der Waals surface area contributed by atoms with E-state index in [1.807, 2.05) is 30.3 Å². The zero-order chi connectivity index (χ0) is 19.5. The number of aromatic nitrogens is 1. The summed E-state index contributed by atoms with van der Waals surface area (Å²) >= 11 is 1.37. The normalized spacial score (nSPS) is 10.4. The number of carbonyl (C=O) groups excluding carboxylic acids is 2. The lowest BCUT2D eigenvalue weighted by Gasteiger charge is -2.21. The number of thiazole rings is 1. The second-order valence-corrected chi connectivity index (χ2v) is 6.89. The predicted octanol–water partition coefficient (Wildman–Crippen LogP) is 3.35. The van der Waals surface area contributed by atoms with Crippen LogP contribution in [0.1, 0.15) is 35.3 Å². The largest absolute Gasteiger partial charge is 0.383 e. The van der Waals surface area contributed by atoms with Gasteiger partial charge in [0.15, 0.2) is 0 Å². The number of benzene rings is 1. The molecule has 8 heteroatoms. The molecule has 0 saturated heterocycles. The quantitative estimate of drug-likeness (QED) is 0.610. The van der Waals surface area contributed by atoms with E-state index in [0.29, 0.717) is 36.9 Å². The van der Waals surface area contributed by atoms with Gasteiger partial charge in [-0.2, -0.15) is 0 Å². The second-order valence-electron chi connectivity index (χ2n) is 5.95. The maximum atomic E-state index is 12.6. The molecule has 0 unspecified atom stereocenters. The SMILES string of the molecule is CCCCNC(=O)c1csc(CN(CCOC)C(=O)Nc2ccccc2)n1. The van der Waals surface area contributed by atoms with Gasteiger partial charge >= 0.3 is 6.03 Å². The van der Waals surface area contributed by atoms with Crippen molar-refractivity contribution in [3.8, 4) is 0 Å². The van der Waals surface area contributed by atoms with Crippen molar-refractivity contribution < 1.29 is 14.3 Å². The zero-order valence-corrected chi connectivity index (χ0v) is 16.6. The number of hydrogen-bond donors (Lipinski definition) is 2. The summed E-state index contributed by atoms with van der Waals surface area (Å²) in [6.45, 7) is 3.86. The van der Waals surface area contributed by atoms with Crippen molar-refractivity contribution in [2.45, 2.75) is 26.3 Å². The molecule has 0 aliphatic rings. The standard InChI is InChI=1S/C19H26N4O3S/c1-3-4-10-20-18(24)16-14-27-17(22-16)13-23(11-12-26-2)19(25)21-15-8-6-5-7-9-15/h5-9,14H,3-4,10-13H2,1-2H3,(H,20,24)(H,21,25). The van der Waals surface area contributed by atoms with Crippen LogP contribution < -0.4 is 10.6 Å². The van der Waals surface area contributed by atoms with Crippen molar-refractivity contribution in [2.24, 2.45) is 0 Å². The molecule has 0 radical (unpaired) electrons. The van der Waals surface area contributed by atoms with E-state index in [1.165, 1.54) is 11.3 Å². The van der Waals surface area contributed by atoms with E-state index in [9.17, 15) is 9.59 Å². The summed E-state index contributed by atoms with van der Waals surface area (Å²) < 4.78 is 5.11. The van der Waals surface area contributed by atoms with Crippen LogP contribution >= 0.6 is 11.3 Å². The highest BCUT2D eigenvalue weighted by molar-refractivity contribution is 7.09. The summed E-state index contributed by atoms with van der Waals surface area (Å²) in [6, 6.07) is 9.03. The van der Waals surface area contributed by atoms with Crippen LogP contribution in [0.25, 0.3) is 0 Å². The van der Waals surface area contributed by atoms with Crippen LogP contribution in [0, 0.1) is 0 Å². The molecule has 0 saturated carbocycles. The van der Waals surface area contributed by atoms with Gasteiger partial charge in [-0.3, -0.25) is 4.79 Å². The smallest absolute Gasteiger partial charge is 0.322 e. The average molecular weight is 391 g/mol. The Kier molecular flexibility index (Phi) is 8.73. The summed E-state index contributed by atoms with van der Waals surface area (Å²) in [5.41, 5.74) is 1.11. The first-order chi connectivity index (χ1) is 13.1. The van der Waals surface area contributed by atoms with Crippen LogP contribution in [-0.2, 0) is 11.3 Å². The fraction of sp³-hybridized carbons (Fsp3) is 0.421. The molecule has 1 aromatic heterocycles. The Labute approximate surface area is 163 Å². The molecule has 1 heterocycles. The van der Waals surface area contributed by atoms with Crippen LogP contribution in [0.2, 0.25) is 0 Å². The molecule has 3 amide bonds. The Balaban J connectivity index is 1.98. The summed E-state index contributed by atoms with van der Waals surface area (Å²) in [6.07, 6.45) is 1.96. The van der Waals surface area contributed by atoms with Gasteiger partial charge in [-0.25, -0.2) is 9.78 Å². The van der Waals surface area contributed by atoms with E-state index in [2.05, 4.69) is 22.5 Å². The van der Waals surface area contributed by atoms with Crippen molar-refractivity contribution in [3.63, 3.8) is 0 Å². The van der Waals surface area contributed by atoms with Gasteiger partial charge in [0.25, 0.3) is 5.91 Å². The molecule has 0 fully saturated rings. The van der Waals surface area contributed by atoms with Crippen molar-refractivity contribution >= 4 is 29.0 Å². The van der Waals surface area contributed by atoms with Gasteiger partial charge in [0.2, 0.25) is 0 Å². The number of urea groups is 1. The van der Waals surface area contributed by atoms with E-state index in [0.717, 1.165) is 18.5 Å². The van der Waals surface area contributed by atoms with Gasteiger partial charge < -0.3 is 20.3 Å². The van der Waals surface area contributed by atoms with E-state index >= 15 is 0 Å². The molecule has 7 nitrogen and oxygen atoms in total. The molecule has 2 rings (SSSR count). The third-order valence-electron chi connectivity index (χ3n) is 3.80. The maximum absolute atomic E-state index is 12.6. The van der Waals surface area contributed by atoms with Crippen molar-refractivity contribution in [3.05, 3.63) is 46.4 Å². The fourth-order valence-electron chi connectivity index (χ4n) is 2.30. The first kappa shape index (κ1) is 20.9. The van der Waals surface area contributed by atoms with Gasteiger partial charge in [-0.15, -0.1) is 11.3 Å². The Morgan fingerprint density at radius 1 is 1.26 bits per heavy atom. The van der Waals surface area contributed by atoms with Gasteiger partial charge in [0.1, 0.15) is 10.7 Å². The average Bonchev–Trinajstić information content (AvgIpc) is 3.14. The van der Waals surface area contributed by atoms with Gasteiger partial charge in [-0.1, -0.05) is 31.5 Å². The van der Waals surface area contributed by atoms with Crippen LogP contribution in [0.3, 0.4) is 0 Å². The number of nitrogens with zero attached hydrogens (tertiary/aromatic N) is 2. The Hall–Kier alpha value is -2.45. The van der Waals surface area contributed by atoms with Crippen molar-refractivity contribution in [1.82, 2.24) is 15.2 Å². The molecular formula is C19H26N4O3S. The third kappa shape index (κ3) is 6.99. The molecular weight excluding hydrogens is 364 g/mol. The van der Waals surface area contributed by atoms with E-state index < -0.39 is 0 Å². The predicted molar refractivity (Wildman–Crippen MR) is 107 cm³/mol. The summed E-state index contributed by atoms with van der Waals surface area (Å²) in [5, 5.41) is 8.14. The summed E-state index contributed by atoms with van der Waals surface area (Å²) in [5.74, 6) is -0.178. The molecule has 146 valence electrons. The monoisotopic (exact) mass is 390 g/mol. The Morgan fingerprint density at radius 2 is 2.04 bits per heavy atom. The highest BCUT2D eigenvalue weighted by Gasteiger charge is 2.17. The number of amides is 3. The van der Waals surface area contributed by atoms with Gasteiger partial charge in [0, 0.05) is 31.3 Å². The first-order valence-corrected chi connectivity index (χ1v) is 9.84. The minimum absolute atomic E-state index is 0.178. The molecule has 2 aromatic rings. The van der Waals surface area contributed by atoms with Crippen LogP contribution in [0.15, 0.2) is 35.7 Å². The van der Waals surface area contributed by atoms with E-state index in [-0.39, 0.29) is 11.9 Å². The number of carbonyl (C=O) groups is 2. The van der Waals surface area contributed by atoms with Crippen LogP contribution in [-0.4, -0.2) is 48.6 Å². The molecule has 0 spiro atoms. The molecule has 27 heavy (non-hydrogen) atoms. The second kappa shape index (κ2) is 11.3. The number of unbranched alkanes of at least 4 members (excludes halogenated alkanes) is 1. The number of anilines is 1. The van der Waals surface area contributed by atoms with Crippen LogP contribution in [0.4, 0.5) is 10.5 Å².